The van der Waals surface area contributed by atoms with Crippen LogP contribution in [0, 0.1) is 24.7 Å². The Morgan fingerprint density at radius 1 is 1.00 bits per heavy atom. The molecule has 0 spiro atoms. The lowest BCUT2D eigenvalue weighted by Crippen LogP contribution is -1.83. The molecule has 23 heavy (non-hydrogen) atoms. The zero-order valence-electron chi connectivity index (χ0n) is 13.1. The number of ketones is 1. The Morgan fingerprint density at radius 3 is 2.39 bits per heavy atom. The largest absolute Gasteiger partial charge is 0.290 e. The van der Waals surface area contributed by atoms with Gasteiger partial charge in [0, 0.05) is 5.56 Å². The summed E-state index contributed by atoms with van der Waals surface area (Å²) in [5.74, 6) is 5.03. The summed E-state index contributed by atoms with van der Waals surface area (Å²) in [5, 5.41) is 0. The van der Waals surface area contributed by atoms with Gasteiger partial charge in [-0.25, -0.2) is 0 Å². The summed E-state index contributed by atoms with van der Waals surface area (Å²) in [4.78, 5) is 11.6. The van der Waals surface area contributed by atoms with Crippen LogP contribution in [-0.4, -0.2) is 5.78 Å². The van der Waals surface area contributed by atoms with E-state index < -0.39 is 0 Å². The van der Waals surface area contributed by atoms with Gasteiger partial charge in [0.2, 0.25) is 0 Å². The minimum Gasteiger partial charge on any atom is -0.290 e. The SMILES string of the molecule is C#C\C(C)=C/C=C/C=C/C(=O)/C=C/C=C/c1ccccc1C#C. The lowest BCUT2D eigenvalue weighted by atomic mass is 10.1. The molecule has 0 heterocycles. The quantitative estimate of drug-likeness (QED) is 0.429. The number of carbonyl (C=O) groups is 1. The lowest BCUT2D eigenvalue weighted by molar-refractivity contribution is -0.110. The topological polar surface area (TPSA) is 17.1 Å². The van der Waals surface area contributed by atoms with E-state index in [9.17, 15) is 4.79 Å². The van der Waals surface area contributed by atoms with E-state index in [0.29, 0.717) is 0 Å². The molecule has 0 unspecified atom stereocenters. The summed E-state index contributed by atoms with van der Waals surface area (Å²) in [6.45, 7) is 1.84. The second kappa shape index (κ2) is 10.4. The predicted octanol–water partition coefficient (Wildman–Crippen LogP) is 4.50. The van der Waals surface area contributed by atoms with Crippen molar-refractivity contribution in [3.05, 3.63) is 89.6 Å². The molecule has 1 heteroatoms. The van der Waals surface area contributed by atoms with Crippen molar-refractivity contribution in [2.45, 2.75) is 6.92 Å². The first-order valence-corrected chi connectivity index (χ1v) is 7.10. The van der Waals surface area contributed by atoms with Crippen molar-refractivity contribution in [1.82, 2.24) is 0 Å². The highest BCUT2D eigenvalue weighted by Crippen LogP contribution is 2.09. The van der Waals surface area contributed by atoms with Gasteiger partial charge in [0.15, 0.2) is 5.78 Å². The minimum atomic E-state index is -0.0952. The van der Waals surface area contributed by atoms with E-state index >= 15 is 0 Å². The van der Waals surface area contributed by atoms with Crippen molar-refractivity contribution in [3.63, 3.8) is 0 Å². The Kier molecular flexibility index (Phi) is 8.06. The monoisotopic (exact) mass is 298 g/mol. The zero-order valence-corrected chi connectivity index (χ0v) is 13.1. The van der Waals surface area contributed by atoms with Gasteiger partial charge >= 0.3 is 0 Å². The van der Waals surface area contributed by atoms with Gasteiger partial charge in [-0.2, -0.15) is 0 Å². The van der Waals surface area contributed by atoms with Crippen molar-refractivity contribution in [2.24, 2.45) is 0 Å². The molecule has 0 amide bonds. The van der Waals surface area contributed by atoms with Crippen LogP contribution in [0.15, 0.2) is 78.4 Å². The molecule has 0 aliphatic rings. The molecular formula is C22H18O. The molecule has 0 aromatic heterocycles. The molecule has 0 fully saturated rings. The summed E-state index contributed by atoms with van der Waals surface area (Å²) < 4.78 is 0. The molecule has 1 aromatic rings. The first-order chi connectivity index (χ1) is 11.2. The Labute approximate surface area is 138 Å². The minimum absolute atomic E-state index is 0.0952. The molecule has 0 saturated heterocycles. The number of allylic oxidation sites excluding steroid dienone is 9. The van der Waals surface area contributed by atoms with Crippen LogP contribution in [-0.2, 0) is 4.79 Å². The maximum Gasteiger partial charge on any atom is 0.178 e. The van der Waals surface area contributed by atoms with Crippen LogP contribution in [0.2, 0.25) is 0 Å². The molecule has 0 radical (unpaired) electrons. The number of benzene rings is 1. The Balaban J connectivity index is 2.55. The molecule has 0 saturated carbocycles. The smallest absolute Gasteiger partial charge is 0.178 e. The van der Waals surface area contributed by atoms with Gasteiger partial charge in [-0.05, 0) is 36.3 Å². The first-order valence-electron chi connectivity index (χ1n) is 7.10. The fourth-order valence-corrected chi connectivity index (χ4v) is 1.60. The van der Waals surface area contributed by atoms with Gasteiger partial charge in [0.1, 0.15) is 0 Å². The maximum atomic E-state index is 11.6. The van der Waals surface area contributed by atoms with E-state index in [1.54, 1.807) is 36.5 Å². The van der Waals surface area contributed by atoms with Gasteiger partial charge in [0.05, 0.1) is 0 Å². The van der Waals surface area contributed by atoms with Crippen molar-refractivity contribution < 1.29 is 4.79 Å². The molecule has 0 aliphatic heterocycles. The fraction of sp³-hybridized carbons (Fsp3) is 0.0455. The van der Waals surface area contributed by atoms with Gasteiger partial charge in [-0.1, -0.05) is 72.6 Å². The van der Waals surface area contributed by atoms with Crippen LogP contribution in [0.1, 0.15) is 18.1 Å². The van der Waals surface area contributed by atoms with E-state index in [1.807, 2.05) is 37.3 Å². The van der Waals surface area contributed by atoms with Crippen LogP contribution in [0.5, 0.6) is 0 Å². The zero-order chi connectivity index (χ0) is 16.9. The number of hydrogen-bond acceptors (Lipinski definition) is 1. The molecule has 0 N–H and O–H groups in total. The molecule has 1 aromatic carbocycles. The third-order valence-corrected chi connectivity index (χ3v) is 2.82. The van der Waals surface area contributed by atoms with Gasteiger partial charge < -0.3 is 0 Å². The van der Waals surface area contributed by atoms with Crippen LogP contribution in [0.25, 0.3) is 6.08 Å². The van der Waals surface area contributed by atoms with Crippen LogP contribution < -0.4 is 0 Å². The summed E-state index contributed by atoms with van der Waals surface area (Å²) in [5.41, 5.74) is 2.60. The third-order valence-electron chi connectivity index (χ3n) is 2.82. The van der Waals surface area contributed by atoms with Gasteiger partial charge in [-0.15, -0.1) is 12.8 Å². The summed E-state index contributed by atoms with van der Waals surface area (Å²) in [6, 6.07) is 7.61. The molecule has 1 nitrogen and oxygen atoms in total. The number of hydrogen-bond donors (Lipinski definition) is 0. The van der Waals surface area contributed by atoms with Crippen molar-refractivity contribution in [2.75, 3.05) is 0 Å². The molecular weight excluding hydrogens is 280 g/mol. The Morgan fingerprint density at radius 2 is 1.70 bits per heavy atom. The number of terminal acetylenes is 2. The fourth-order valence-electron chi connectivity index (χ4n) is 1.60. The second-order valence-corrected chi connectivity index (χ2v) is 4.59. The lowest BCUT2D eigenvalue weighted by Gasteiger charge is -1.95. The molecule has 112 valence electrons. The second-order valence-electron chi connectivity index (χ2n) is 4.59. The first kappa shape index (κ1) is 17.8. The molecule has 0 atom stereocenters. The van der Waals surface area contributed by atoms with Gasteiger partial charge in [-0.3, -0.25) is 4.79 Å². The Bertz CT molecular complexity index is 769. The van der Waals surface area contributed by atoms with Gasteiger partial charge in [0.25, 0.3) is 0 Å². The summed E-state index contributed by atoms with van der Waals surface area (Å²) in [6.07, 6.45) is 26.0. The van der Waals surface area contributed by atoms with E-state index in [2.05, 4.69) is 11.8 Å². The van der Waals surface area contributed by atoms with E-state index in [0.717, 1.165) is 16.7 Å². The molecule has 0 aliphatic carbocycles. The van der Waals surface area contributed by atoms with Crippen molar-refractivity contribution >= 4 is 11.9 Å². The number of rotatable bonds is 6. The summed E-state index contributed by atoms with van der Waals surface area (Å²) in [7, 11) is 0. The third kappa shape index (κ3) is 7.32. The van der Waals surface area contributed by atoms with E-state index in [4.69, 9.17) is 12.8 Å². The average Bonchev–Trinajstić information content (AvgIpc) is 2.58. The summed E-state index contributed by atoms with van der Waals surface area (Å²) >= 11 is 0. The van der Waals surface area contributed by atoms with Crippen LogP contribution in [0.4, 0.5) is 0 Å². The highest BCUT2D eigenvalue weighted by atomic mass is 16.1. The van der Waals surface area contributed by atoms with E-state index in [-0.39, 0.29) is 5.78 Å². The molecule has 1 rings (SSSR count). The number of carbonyl (C=O) groups excluding carboxylic acids is 1. The van der Waals surface area contributed by atoms with E-state index in [1.165, 1.54) is 12.2 Å². The normalized spacial score (nSPS) is 12.2. The van der Waals surface area contributed by atoms with Crippen molar-refractivity contribution in [3.8, 4) is 24.7 Å². The predicted molar refractivity (Wildman–Crippen MR) is 98.4 cm³/mol. The highest BCUT2D eigenvalue weighted by Gasteiger charge is 1.92. The van der Waals surface area contributed by atoms with Crippen LogP contribution >= 0.6 is 0 Å². The maximum absolute atomic E-state index is 11.6. The highest BCUT2D eigenvalue weighted by molar-refractivity contribution is 5.99. The molecule has 0 bridgehead atoms. The van der Waals surface area contributed by atoms with Crippen molar-refractivity contribution in [1.29, 1.82) is 0 Å². The average molecular weight is 298 g/mol. The Hall–Kier alpha value is -3.29. The van der Waals surface area contributed by atoms with Crippen LogP contribution in [0.3, 0.4) is 0 Å². The standard InChI is InChI=1S/C22H18O/c1-4-19(3)13-7-6-8-17-22(23)18-12-11-16-21-15-10-9-14-20(21)5-2/h1-2,6-18H,3H3/b7-6+,16-11+,17-8+,18-12+,19-13-.